The van der Waals surface area contributed by atoms with Gasteiger partial charge in [0.15, 0.2) is 5.13 Å². The lowest BCUT2D eigenvalue weighted by molar-refractivity contribution is -0.115. The van der Waals surface area contributed by atoms with E-state index in [9.17, 15) is 14.4 Å². The molecule has 0 spiro atoms. The molecule has 0 aliphatic rings. The lowest BCUT2D eigenvalue weighted by Crippen LogP contribution is -2.30. The summed E-state index contributed by atoms with van der Waals surface area (Å²) in [4.78, 5) is 45.2. The molecule has 0 bridgehead atoms. The van der Waals surface area contributed by atoms with Crippen molar-refractivity contribution in [1.82, 2.24) is 10.3 Å². The molecule has 0 fully saturated rings. The van der Waals surface area contributed by atoms with Crippen molar-refractivity contribution in [2.24, 2.45) is 0 Å². The van der Waals surface area contributed by atoms with E-state index in [0.717, 1.165) is 32.5 Å². The minimum atomic E-state index is -0.479. The van der Waals surface area contributed by atoms with E-state index in [2.05, 4.69) is 20.9 Å². The Morgan fingerprint density at radius 2 is 1.49 bits per heavy atom. The monoisotopic (exact) mass is 654 g/mol. The van der Waals surface area contributed by atoms with E-state index in [4.69, 9.17) is 0 Å². The van der Waals surface area contributed by atoms with Crippen LogP contribution in [0.25, 0.3) is 28.1 Å². The van der Waals surface area contributed by atoms with Crippen LogP contribution in [0.15, 0.2) is 143 Å². The summed E-state index contributed by atoms with van der Waals surface area (Å²) in [7, 11) is 0. The Morgan fingerprint density at radius 1 is 0.787 bits per heavy atom. The molecule has 3 amide bonds. The van der Waals surface area contributed by atoms with Gasteiger partial charge in [0.05, 0.1) is 10.9 Å². The molecule has 6 aromatic rings. The molecule has 0 radical (unpaired) electrons. The Morgan fingerprint density at radius 3 is 2.30 bits per heavy atom. The Bertz CT molecular complexity index is 2070. The smallest absolute Gasteiger partial charge is 0.272 e. The van der Waals surface area contributed by atoms with Gasteiger partial charge in [-0.15, -0.1) is 23.1 Å². The molecule has 0 aliphatic heterocycles. The first kappa shape index (κ1) is 31.5. The van der Waals surface area contributed by atoms with Crippen molar-refractivity contribution in [2.45, 2.75) is 17.1 Å². The zero-order chi connectivity index (χ0) is 32.6. The van der Waals surface area contributed by atoms with E-state index in [1.54, 1.807) is 42.5 Å². The van der Waals surface area contributed by atoms with Gasteiger partial charge in [-0.25, -0.2) is 4.98 Å². The number of amides is 3. The molecule has 1 atom stereocenters. The number of nitrogens with zero attached hydrogens (tertiary/aromatic N) is 1. The summed E-state index contributed by atoms with van der Waals surface area (Å²) >= 11 is 2.74. The van der Waals surface area contributed by atoms with Gasteiger partial charge in [-0.2, -0.15) is 0 Å². The van der Waals surface area contributed by atoms with Gasteiger partial charge in [0, 0.05) is 27.1 Å². The minimum Gasteiger partial charge on any atom is -0.321 e. The van der Waals surface area contributed by atoms with Crippen molar-refractivity contribution < 1.29 is 14.4 Å². The molecule has 0 saturated carbocycles. The predicted molar refractivity (Wildman–Crippen MR) is 192 cm³/mol. The fourth-order valence-electron chi connectivity index (χ4n) is 4.86. The number of thiazole rings is 1. The molecule has 5 aromatic carbocycles. The Kier molecular flexibility index (Phi) is 9.86. The molecular formula is C38H30N4O3S2. The first-order valence-electron chi connectivity index (χ1n) is 14.9. The molecule has 0 saturated heterocycles. The number of fused-ring (bicyclic) bond motifs is 1. The summed E-state index contributed by atoms with van der Waals surface area (Å²) in [5.41, 5.74) is 3.65. The molecule has 9 heteroatoms. The summed E-state index contributed by atoms with van der Waals surface area (Å²) in [6, 6.07) is 39.5. The van der Waals surface area contributed by atoms with Crippen molar-refractivity contribution >= 4 is 68.5 Å². The van der Waals surface area contributed by atoms with Crippen LogP contribution in [0.2, 0.25) is 0 Å². The zero-order valence-electron chi connectivity index (χ0n) is 25.3. The second kappa shape index (κ2) is 14.7. The fourth-order valence-corrected chi connectivity index (χ4v) is 6.51. The Hall–Kier alpha value is -5.51. The largest absolute Gasteiger partial charge is 0.321 e. The van der Waals surface area contributed by atoms with E-state index in [-0.39, 0.29) is 11.6 Å². The van der Waals surface area contributed by atoms with Crippen LogP contribution in [-0.4, -0.2) is 28.0 Å². The summed E-state index contributed by atoms with van der Waals surface area (Å²) in [5, 5.41) is 12.6. The average Bonchev–Trinajstić information content (AvgIpc) is 3.57. The SMILES string of the molecule is CC(Sc1cccc(NC(=O)/C(=C\c2cccc3ccccc23)NC(=O)c2ccccc2)c1)C(=O)Nc1nc(-c2ccccc2)cs1. The van der Waals surface area contributed by atoms with Gasteiger partial charge in [-0.3, -0.25) is 14.4 Å². The second-order valence-electron chi connectivity index (χ2n) is 10.6. The number of hydrogen-bond donors (Lipinski definition) is 3. The highest BCUT2D eigenvalue weighted by atomic mass is 32.2. The summed E-state index contributed by atoms with van der Waals surface area (Å²) in [5.74, 6) is -1.05. The number of carbonyl (C=O) groups excluding carboxylic acids is 3. The third-order valence-electron chi connectivity index (χ3n) is 7.23. The van der Waals surface area contributed by atoms with Crippen molar-refractivity contribution in [3.8, 4) is 11.3 Å². The normalized spacial score (nSPS) is 11.9. The maximum atomic E-state index is 13.7. The standard InChI is InChI=1S/C38H30N4O3S2/c1-25(35(43)42-38-41-34(24-46-38)27-13-4-2-5-14-27)47-31-20-11-19-30(23-31)39-37(45)33(40-36(44)28-15-6-3-7-16-28)22-29-18-10-17-26-12-8-9-21-32(26)29/h2-25H,1H3,(H,39,45)(H,40,44)(H,41,42,43)/b33-22+. The van der Waals surface area contributed by atoms with Gasteiger partial charge in [0.2, 0.25) is 5.91 Å². The maximum absolute atomic E-state index is 13.7. The Balaban J connectivity index is 1.17. The van der Waals surface area contributed by atoms with E-state index in [0.29, 0.717) is 16.4 Å². The van der Waals surface area contributed by atoms with Crippen LogP contribution in [0.4, 0.5) is 10.8 Å². The van der Waals surface area contributed by atoms with Gasteiger partial charge >= 0.3 is 0 Å². The minimum absolute atomic E-state index is 0.0966. The third kappa shape index (κ3) is 8.02. The number of hydrogen-bond acceptors (Lipinski definition) is 6. The predicted octanol–water partition coefficient (Wildman–Crippen LogP) is 8.49. The van der Waals surface area contributed by atoms with Crippen LogP contribution in [-0.2, 0) is 9.59 Å². The summed E-state index contributed by atoms with van der Waals surface area (Å²) in [6.45, 7) is 1.82. The first-order valence-corrected chi connectivity index (χ1v) is 16.6. The summed E-state index contributed by atoms with van der Waals surface area (Å²) < 4.78 is 0. The van der Waals surface area contributed by atoms with Crippen LogP contribution >= 0.6 is 23.1 Å². The topological polar surface area (TPSA) is 100 Å². The van der Waals surface area contributed by atoms with E-state index in [1.165, 1.54) is 23.1 Å². The quantitative estimate of drug-likeness (QED) is 0.102. The van der Waals surface area contributed by atoms with E-state index in [1.807, 2.05) is 103 Å². The first-order chi connectivity index (χ1) is 22.9. The van der Waals surface area contributed by atoms with Gasteiger partial charge < -0.3 is 16.0 Å². The number of rotatable bonds is 10. The van der Waals surface area contributed by atoms with Gasteiger partial charge in [-0.05, 0) is 59.7 Å². The van der Waals surface area contributed by atoms with E-state index >= 15 is 0 Å². The molecule has 0 aliphatic carbocycles. The van der Waals surface area contributed by atoms with Crippen molar-refractivity contribution in [3.05, 3.63) is 150 Å². The average molecular weight is 655 g/mol. The third-order valence-corrected chi connectivity index (χ3v) is 9.08. The molecule has 6 rings (SSSR count). The molecule has 47 heavy (non-hydrogen) atoms. The molecule has 232 valence electrons. The number of anilines is 2. The number of benzene rings is 5. The highest BCUT2D eigenvalue weighted by molar-refractivity contribution is 8.00. The van der Waals surface area contributed by atoms with Crippen LogP contribution in [0, 0.1) is 0 Å². The fraction of sp³-hybridized carbons (Fsp3) is 0.0526. The van der Waals surface area contributed by atoms with Crippen molar-refractivity contribution in [2.75, 3.05) is 10.6 Å². The van der Waals surface area contributed by atoms with Gasteiger partial charge in [-0.1, -0.05) is 97.1 Å². The second-order valence-corrected chi connectivity index (χ2v) is 12.9. The number of carbonyl (C=O) groups is 3. The van der Waals surface area contributed by atoms with Crippen molar-refractivity contribution in [3.63, 3.8) is 0 Å². The van der Waals surface area contributed by atoms with Crippen LogP contribution in [0.3, 0.4) is 0 Å². The molecule has 3 N–H and O–H groups in total. The summed E-state index contributed by atoms with van der Waals surface area (Å²) in [6.07, 6.45) is 1.69. The highest BCUT2D eigenvalue weighted by Gasteiger charge is 2.19. The van der Waals surface area contributed by atoms with Crippen LogP contribution in [0.5, 0.6) is 0 Å². The number of thioether (sulfide) groups is 1. The molecule has 7 nitrogen and oxygen atoms in total. The zero-order valence-corrected chi connectivity index (χ0v) is 27.0. The molecule has 1 unspecified atom stereocenters. The molecule has 1 aromatic heterocycles. The molecule has 1 heterocycles. The van der Waals surface area contributed by atoms with Crippen LogP contribution in [0.1, 0.15) is 22.8 Å². The lowest BCUT2D eigenvalue weighted by atomic mass is 10.0. The van der Waals surface area contributed by atoms with Gasteiger partial charge in [0.1, 0.15) is 5.70 Å². The highest BCUT2D eigenvalue weighted by Crippen LogP contribution is 2.29. The van der Waals surface area contributed by atoms with E-state index < -0.39 is 17.1 Å². The van der Waals surface area contributed by atoms with Gasteiger partial charge in [0.25, 0.3) is 11.8 Å². The number of nitrogens with one attached hydrogen (secondary N) is 3. The number of aromatic nitrogens is 1. The lowest BCUT2D eigenvalue weighted by Gasteiger charge is -2.14. The maximum Gasteiger partial charge on any atom is 0.272 e. The molecular weight excluding hydrogens is 625 g/mol. The van der Waals surface area contributed by atoms with Crippen molar-refractivity contribution in [1.29, 1.82) is 0 Å². The van der Waals surface area contributed by atoms with Crippen LogP contribution < -0.4 is 16.0 Å². The Labute approximate surface area is 280 Å².